The molecule has 0 saturated heterocycles. The molecule has 1 aromatic carbocycles. The predicted molar refractivity (Wildman–Crippen MR) is 68.5 cm³/mol. The maximum absolute atomic E-state index is 10.9. The lowest BCUT2D eigenvalue weighted by Crippen LogP contribution is -2.06. The van der Waals surface area contributed by atoms with E-state index in [2.05, 4.69) is 15.5 Å². The average Bonchev–Trinajstić information content (AvgIpc) is 2.85. The molecule has 6 heteroatoms. The Labute approximate surface area is 104 Å². The van der Waals surface area contributed by atoms with Crippen molar-refractivity contribution in [3.8, 4) is 0 Å². The van der Waals surface area contributed by atoms with Gasteiger partial charge in [0.2, 0.25) is 0 Å². The summed E-state index contributed by atoms with van der Waals surface area (Å²) in [6, 6.07) is 5.15. The Hall–Kier alpha value is -2.37. The third-order valence-electron chi connectivity index (χ3n) is 2.81. The van der Waals surface area contributed by atoms with Crippen LogP contribution in [0.15, 0.2) is 30.6 Å². The topological polar surface area (TPSA) is 83.8 Å². The fourth-order valence-electron chi connectivity index (χ4n) is 1.73. The highest BCUT2D eigenvalue weighted by Gasteiger charge is 2.12. The molecule has 1 unspecified atom stereocenters. The molecular weight excluding hydrogens is 232 g/mol. The summed E-state index contributed by atoms with van der Waals surface area (Å²) in [4.78, 5) is 10.5. The van der Waals surface area contributed by atoms with Gasteiger partial charge in [-0.2, -0.15) is 5.10 Å². The third kappa shape index (κ3) is 2.48. The molecule has 0 radical (unpaired) electrons. The first-order chi connectivity index (χ1) is 8.58. The molecule has 1 atom stereocenters. The number of aromatic amines is 1. The normalized spacial score (nSPS) is 12.1. The van der Waals surface area contributed by atoms with Gasteiger partial charge in [-0.05, 0) is 19.9 Å². The summed E-state index contributed by atoms with van der Waals surface area (Å²) < 4.78 is 0. The van der Waals surface area contributed by atoms with E-state index in [0.717, 1.165) is 11.3 Å². The predicted octanol–water partition coefficient (Wildman–Crippen LogP) is 2.80. The molecule has 0 aliphatic heterocycles. The summed E-state index contributed by atoms with van der Waals surface area (Å²) in [5, 5.41) is 20.7. The van der Waals surface area contributed by atoms with Gasteiger partial charge in [-0.3, -0.25) is 15.2 Å². The number of nitro groups is 1. The second-order valence-electron chi connectivity index (χ2n) is 4.16. The van der Waals surface area contributed by atoms with Crippen LogP contribution in [0.2, 0.25) is 0 Å². The van der Waals surface area contributed by atoms with Gasteiger partial charge in [0.25, 0.3) is 5.69 Å². The number of aryl methyl sites for hydroxylation is 1. The van der Waals surface area contributed by atoms with Gasteiger partial charge >= 0.3 is 0 Å². The summed E-state index contributed by atoms with van der Waals surface area (Å²) in [6.07, 6.45) is 3.51. The standard InChI is InChI=1S/C12H14N4O2/c1-8-3-4-11(5-12(8)16(17)18)15-9(2)10-6-13-14-7-10/h3-7,9,15H,1-2H3,(H,13,14). The van der Waals surface area contributed by atoms with Crippen LogP contribution in [-0.2, 0) is 0 Å². The number of rotatable bonds is 4. The molecule has 1 heterocycles. The quantitative estimate of drug-likeness (QED) is 0.641. The van der Waals surface area contributed by atoms with Gasteiger partial charge in [-0.15, -0.1) is 0 Å². The molecule has 1 aromatic heterocycles. The minimum Gasteiger partial charge on any atom is -0.378 e. The van der Waals surface area contributed by atoms with Gasteiger partial charge in [0.05, 0.1) is 17.2 Å². The molecule has 0 bridgehead atoms. The van der Waals surface area contributed by atoms with Crippen LogP contribution in [0, 0.1) is 17.0 Å². The Morgan fingerprint density at radius 1 is 1.50 bits per heavy atom. The molecule has 0 amide bonds. The van der Waals surface area contributed by atoms with Crippen molar-refractivity contribution in [1.82, 2.24) is 10.2 Å². The summed E-state index contributed by atoms with van der Waals surface area (Å²) in [7, 11) is 0. The Morgan fingerprint density at radius 2 is 2.28 bits per heavy atom. The number of nitro benzene ring substituents is 1. The molecule has 0 aliphatic rings. The van der Waals surface area contributed by atoms with Gasteiger partial charge < -0.3 is 5.32 Å². The van der Waals surface area contributed by atoms with Crippen LogP contribution in [0.1, 0.15) is 24.1 Å². The van der Waals surface area contributed by atoms with E-state index < -0.39 is 0 Å². The number of benzene rings is 1. The Kier molecular flexibility index (Phi) is 3.27. The van der Waals surface area contributed by atoms with Gasteiger partial charge in [0.1, 0.15) is 0 Å². The average molecular weight is 246 g/mol. The van der Waals surface area contributed by atoms with Crippen molar-refractivity contribution in [2.75, 3.05) is 5.32 Å². The van der Waals surface area contributed by atoms with E-state index in [0.29, 0.717) is 5.56 Å². The van der Waals surface area contributed by atoms with E-state index in [1.165, 1.54) is 0 Å². The number of aromatic nitrogens is 2. The van der Waals surface area contributed by atoms with Crippen LogP contribution in [0.25, 0.3) is 0 Å². The fraction of sp³-hybridized carbons (Fsp3) is 0.250. The zero-order valence-electron chi connectivity index (χ0n) is 10.2. The van der Waals surface area contributed by atoms with Crippen LogP contribution < -0.4 is 5.32 Å². The first-order valence-electron chi connectivity index (χ1n) is 5.58. The van der Waals surface area contributed by atoms with Crippen molar-refractivity contribution in [3.05, 3.63) is 51.8 Å². The minimum absolute atomic E-state index is 0.0334. The number of H-pyrrole nitrogens is 1. The summed E-state index contributed by atoms with van der Waals surface area (Å²) in [5.74, 6) is 0. The third-order valence-corrected chi connectivity index (χ3v) is 2.81. The van der Waals surface area contributed by atoms with Crippen LogP contribution in [0.3, 0.4) is 0 Å². The Bertz CT molecular complexity index is 551. The molecule has 0 aliphatic carbocycles. The monoisotopic (exact) mass is 246 g/mol. The maximum Gasteiger partial charge on any atom is 0.274 e. The summed E-state index contributed by atoms with van der Waals surface area (Å²) >= 11 is 0. The first-order valence-corrected chi connectivity index (χ1v) is 5.58. The molecule has 2 N–H and O–H groups in total. The Balaban J connectivity index is 2.20. The molecule has 2 rings (SSSR count). The first kappa shape index (κ1) is 12.1. The van der Waals surface area contributed by atoms with E-state index in [-0.39, 0.29) is 16.7 Å². The lowest BCUT2D eigenvalue weighted by molar-refractivity contribution is -0.385. The lowest BCUT2D eigenvalue weighted by Gasteiger charge is -2.13. The maximum atomic E-state index is 10.9. The van der Waals surface area contributed by atoms with E-state index in [9.17, 15) is 10.1 Å². The van der Waals surface area contributed by atoms with E-state index in [1.807, 2.05) is 13.0 Å². The molecule has 0 spiro atoms. The highest BCUT2D eigenvalue weighted by molar-refractivity contribution is 5.55. The van der Waals surface area contributed by atoms with Crippen LogP contribution >= 0.6 is 0 Å². The number of hydrogen-bond donors (Lipinski definition) is 2. The molecule has 2 aromatic rings. The summed E-state index contributed by atoms with van der Waals surface area (Å²) in [6.45, 7) is 3.69. The van der Waals surface area contributed by atoms with Gasteiger partial charge in [-0.1, -0.05) is 6.07 Å². The van der Waals surface area contributed by atoms with Crippen LogP contribution in [0.4, 0.5) is 11.4 Å². The molecule has 18 heavy (non-hydrogen) atoms. The van der Waals surface area contributed by atoms with Gasteiger partial charge in [0.15, 0.2) is 0 Å². The number of anilines is 1. The SMILES string of the molecule is Cc1ccc(NC(C)c2cn[nH]c2)cc1[N+](=O)[O-]. The molecule has 0 fully saturated rings. The lowest BCUT2D eigenvalue weighted by atomic mass is 10.1. The Morgan fingerprint density at radius 3 is 2.89 bits per heavy atom. The summed E-state index contributed by atoms with van der Waals surface area (Å²) in [5.41, 5.74) is 2.50. The minimum atomic E-state index is -0.372. The van der Waals surface area contributed by atoms with E-state index >= 15 is 0 Å². The fourth-order valence-corrected chi connectivity index (χ4v) is 1.73. The second kappa shape index (κ2) is 4.87. The zero-order valence-corrected chi connectivity index (χ0v) is 10.2. The highest BCUT2D eigenvalue weighted by atomic mass is 16.6. The van der Waals surface area contributed by atoms with Crippen molar-refractivity contribution in [3.63, 3.8) is 0 Å². The zero-order chi connectivity index (χ0) is 13.1. The smallest absolute Gasteiger partial charge is 0.274 e. The number of nitrogens with zero attached hydrogens (tertiary/aromatic N) is 2. The van der Waals surface area contributed by atoms with E-state index in [1.54, 1.807) is 31.5 Å². The molecule has 0 saturated carbocycles. The molecular formula is C12H14N4O2. The number of nitrogens with one attached hydrogen (secondary N) is 2. The van der Waals surface area contributed by atoms with Crippen molar-refractivity contribution in [1.29, 1.82) is 0 Å². The second-order valence-corrected chi connectivity index (χ2v) is 4.16. The largest absolute Gasteiger partial charge is 0.378 e. The van der Waals surface area contributed by atoms with Crippen molar-refractivity contribution in [2.45, 2.75) is 19.9 Å². The van der Waals surface area contributed by atoms with E-state index in [4.69, 9.17) is 0 Å². The molecule has 94 valence electrons. The van der Waals surface area contributed by atoms with Crippen LogP contribution in [-0.4, -0.2) is 15.1 Å². The highest BCUT2D eigenvalue weighted by Crippen LogP contribution is 2.25. The van der Waals surface area contributed by atoms with Gasteiger partial charge in [0, 0.05) is 29.1 Å². The molecule has 6 nitrogen and oxygen atoms in total. The van der Waals surface area contributed by atoms with Crippen molar-refractivity contribution < 1.29 is 4.92 Å². The van der Waals surface area contributed by atoms with Crippen molar-refractivity contribution >= 4 is 11.4 Å². The van der Waals surface area contributed by atoms with Crippen molar-refractivity contribution in [2.24, 2.45) is 0 Å². The van der Waals surface area contributed by atoms with Crippen LogP contribution in [0.5, 0.6) is 0 Å². The van der Waals surface area contributed by atoms with Gasteiger partial charge in [-0.25, -0.2) is 0 Å². The number of hydrogen-bond acceptors (Lipinski definition) is 4.